The van der Waals surface area contributed by atoms with Crippen molar-refractivity contribution in [3.8, 4) is 0 Å². The predicted molar refractivity (Wildman–Crippen MR) is 93.5 cm³/mol. The Labute approximate surface area is 147 Å². The van der Waals surface area contributed by atoms with Gasteiger partial charge in [0.25, 0.3) is 0 Å². The number of allylic oxidation sites excluding steroid dienone is 3. The van der Waals surface area contributed by atoms with Crippen LogP contribution in [0, 0.1) is 5.41 Å². The van der Waals surface area contributed by atoms with E-state index < -0.39 is 17.4 Å². The van der Waals surface area contributed by atoms with Crippen molar-refractivity contribution in [1.82, 2.24) is 0 Å². The first-order valence-electron chi connectivity index (χ1n) is 7.84. The molecule has 0 atom stereocenters. The van der Waals surface area contributed by atoms with Gasteiger partial charge in [-0.3, -0.25) is 9.59 Å². The number of ether oxygens (including phenoxy) is 2. The molecule has 1 aliphatic carbocycles. The zero-order valence-corrected chi connectivity index (χ0v) is 14.9. The Balaban J connectivity index is 2.59. The van der Waals surface area contributed by atoms with Gasteiger partial charge in [-0.1, -0.05) is 55.3 Å². The minimum atomic E-state index is -1.47. The molecule has 0 aromatic heterocycles. The molecule has 0 bridgehead atoms. The Morgan fingerprint density at radius 3 is 2.38 bits per heavy atom. The molecule has 1 aromatic rings. The average Bonchev–Trinajstić information content (AvgIpc) is 2.99. The first kappa shape index (κ1) is 18.3. The number of carbonyl (C=O) groups excluding carboxylic acids is 2. The molecule has 5 heteroatoms. The minimum absolute atomic E-state index is 0.172. The van der Waals surface area contributed by atoms with Gasteiger partial charge >= 0.3 is 11.9 Å². The summed E-state index contributed by atoms with van der Waals surface area (Å²) in [4.78, 5) is 25.1. The molecule has 0 radical (unpaired) electrons. The van der Waals surface area contributed by atoms with Crippen molar-refractivity contribution < 1.29 is 19.1 Å². The summed E-state index contributed by atoms with van der Waals surface area (Å²) in [6.07, 6.45) is 5.57. The molecule has 0 spiro atoms. The summed E-state index contributed by atoms with van der Waals surface area (Å²) >= 11 is 6.28. The van der Waals surface area contributed by atoms with Crippen LogP contribution in [0.5, 0.6) is 0 Å². The quantitative estimate of drug-likeness (QED) is 0.591. The van der Waals surface area contributed by atoms with E-state index in [0.717, 1.165) is 24.0 Å². The zero-order valence-electron chi connectivity index (χ0n) is 14.1. The molecule has 128 valence electrons. The van der Waals surface area contributed by atoms with Crippen LogP contribution >= 0.6 is 11.6 Å². The number of hydrogen-bond donors (Lipinski definition) is 0. The standard InChI is InChI=1S/C19H21ClO4/c1-4-5-8-14-11-13(15-9-6-7-10-16(15)20)12-19(14,17(21)23-2)18(22)24-3/h6-11H,4-5,12H2,1-3H3/b14-8+. The number of methoxy groups -OCH3 is 2. The van der Waals surface area contributed by atoms with Gasteiger partial charge in [-0.25, -0.2) is 0 Å². The molecule has 0 heterocycles. The van der Waals surface area contributed by atoms with E-state index in [4.69, 9.17) is 21.1 Å². The second-order valence-electron chi connectivity index (χ2n) is 5.66. The van der Waals surface area contributed by atoms with Crippen LogP contribution in [-0.2, 0) is 19.1 Å². The molecule has 2 rings (SSSR count). The lowest BCUT2D eigenvalue weighted by Crippen LogP contribution is -2.40. The molecule has 0 fully saturated rings. The van der Waals surface area contributed by atoms with Gasteiger partial charge in [-0.2, -0.15) is 0 Å². The second-order valence-corrected chi connectivity index (χ2v) is 6.07. The molecular weight excluding hydrogens is 328 g/mol. The largest absolute Gasteiger partial charge is 0.468 e. The molecule has 0 amide bonds. The summed E-state index contributed by atoms with van der Waals surface area (Å²) in [6.45, 7) is 2.03. The van der Waals surface area contributed by atoms with E-state index in [2.05, 4.69) is 0 Å². The summed E-state index contributed by atoms with van der Waals surface area (Å²) < 4.78 is 9.88. The second kappa shape index (κ2) is 7.67. The SMILES string of the molecule is CCC/C=C1\C=C(c2ccccc2Cl)CC1(C(=O)OC)C(=O)OC. The molecule has 0 N–H and O–H groups in total. The lowest BCUT2D eigenvalue weighted by molar-refractivity contribution is -0.165. The van der Waals surface area contributed by atoms with Crippen molar-refractivity contribution in [3.05, 3.63) is 52.6 Å². The van der Waals surface area contributed by atoms with E-state index >= 15 is 0 Å². The topological polar surface area (TPSA) is 52.6 Å². The fraction of sp³-hybridized carbons (Fsp3) is 0.368. The molecule has 1 aromatic carbocycles. The number of rotatable bonds is 5. The van der Waals surface area contributed by atoms with Crippen molar-refractivity contribution in [2.75, 3.05) is 14.2 Å². The summed E-state index contributed by atoms with van der Waals surface area (Å²) in [5.41, 5.74) is 0.764. The molecule has 0 saturated carbocycles. The molecule has 24 heavy (non-hydrogen) atoms. The first-order chi connectivity index (χ1) is 11.5. The van der Waals surface area contributed by atoms with Crippen LogP contribution in [0.15, 0.2) is 42.0 Å². The molecular formula is C19H21ClO4. The third kappa shape index (κ3) is 3.11. The zero-order chi connectivity index (χ0) is 17.7. The monoisotopic (exact) mass is 348 g/mol. The number of unbranched alkanes of at least 4 members (excludes halogenated alkanes) is 1. The van der Waals surface area contributed by atoms with Crippen LogP contribution in [0.25, 0.3) is 5.57 Å². The summed E-state index contributed by atoms with van der Waals surface area (Å²) in [6, 6.07) is 7.36. The van der Waals surface area contributed by atoms with E-state index in [1.807, 2.05) is 37.3 Å². The highest BCUT2D eigenvalue weighted by Gasteiger charge is 2.54. The number of hydrogen-bond acceptors (Lipinski definition) is 4. The molecule has 1 aliphatic rings. The first-order valence-corrected chi connectivity index (χ1v) is 8.22. The number of benzene rings is 1. The smallest absolute Gasteiger partial charge is 0.328 e. The van der Waals surface area contributed by atoms with E-state index in [9.17, 15) is 9.59 Å². The van der Waals surface area contributed by atoms with Gasteiger partial charge in [0.2, 0.25) is 0 Å². The third-order valence-corrected chi connectivity index (χ3v) is 4.55. The highest BCUT2D eigenvalue weighted by molar-refractivity contribution is 6.32. The molecule has 0 unspecified atom stereocenters. The summed E-state index contributed by atoms with van der Waals surface area (Å²) in [5.74, 6) is -1.23. The van der Waals surface area contributed by atoms with Gasteiger partial charge in [0, 0.05) is 11.4 Å². The molecule has 4 nitrogen and oxygen atoms in total. The van der Waals surface area contributed by atoms with E-state index in [1.54, 1.807) is 6.07 Å². The Morgan fingerprint density at radius 2 is 1.83 bits per heavy atom. The minimum Gasteiger partial charge on any atom is -0.468 e. The highest BCUT2D eigenvalue weighted by atomic mass is 35.5. The van der Waals surface area contributed by atoms with Crippen LogP contribution in [0.3, 0.4) is 0 Å². The Morgan fingerprint density at radius 1 is 1.21 bits per heavy atom. The van der Waals surface area contributed by atoms with Gasteiger partial charge in [0.05, 0.1) is 14.2 Å². The highest BCUT2D eigenvalue weighted by Crippen LogP contribution is 2.48. The van der Waals surface area contributed by atoms with Crippen molar-refractivity contribution in [3.63, 3.8) is 0 Å². The molecule has 0 saturated heterocycles. The maximum atomic E-state index is 12.5. The van der Waals surface area contributed by atoms with Gasteiger partial charge in [-0.15, -0.1) is 0 Å². The fourth-order valence-corrected chi connectivity index (χ4v) is 3.25. The van der Waals surface area contributed by atoms with Crippen molar-refractivity contribution in [2.24, 2.45) is 5.41 Å². The van der Waals surface area contributed by atoms with Crippen LogP contribution in [0.1, 0.15) is 31.7 Å². The van der Waals surface area contributed by atoms with Gasteiger partial charge < -0.3 is 9.47 Å². The van der Waals surface area contributed by atoms with Gasteiger partial charge in [0.1, 0.15) is 0 Å². The maximum absolute atomic E-state index is 12.5. The number of halogens is 1. The normalized spacial score (nSPS) is 17.5. The van der Waals surface area contributed by atoms with E-state index in [-0.39, 0.29) is 6.42 Å². The van der Waals surface area contributed by atoms with Gasteiger partial charge in [0.15, 0.2) is 5.41 Å². The van der Waals surface area contributed by atoms with E-state index in [1.165, 1.54) is 14.2 Å². The van der Waals surface area contributed by atoms with Gasteiger partial charge in [-0.05, 0) is 29.2 Å². The summed E-state index contributed by atoms with van der Waals surface area (Å²) in [5, 5.41) is 0.573. The van der Waals surface area contributed by atoms with Crippen LogP contribution < -0.4 is 0 Å². The Bertz CT molecular complexity index is 687. The third-order valence-electron chi connectivity index (χ3n) is 4.22. The maximum Gasteiger partial charge on any atom is 0.328 e. The van der Waals surface area contributed by atoms with Crippen LogP contribution in [0.2, 0.25) is 5.02 Å². The Kier molecular flexibility index (Phi) is 5.84. The fourth-order valence-electron chi connectivity index (χ4n) is 2.99. The van der Waals surface area contributed by atoms with Crippen LogP contribution in [-0.4, -0.2) is 26.2 Å². The van der Waals surface area contributed by atoms with Crippen LogP contribution in [0.4, 0.5) is 0 Å². The number of carbonyl (C=O) groups is 2. The lowest BCUT2D eigenvalue weighted by atomic mass is 9.79. The summed E-state index contributed by atoms with van der Waals surface area (Å²) in [7, 11) is 2.55. The average molecular weight is 349 g/mol. The number of esters is 2. The predicted octanol–water partition coefficient (Wildman–Crippen LogP) is 4.19. The van der Waals surface area contributed by atoms with Crippen molar-refractivity contribution in [2.45, 2.75) is 26.2 Å². The Hall–Kier alpha value is -2.07. The molecule has 0 aliphatic heterocycles. The lowest BCUT2D eigenvalue weighted by Gasteiger charge is -2.25. The van der Waals surface area contributed by atoms with Crippen molar-refractivity contribution >= 4 is 29.1 Å². The van der Waals surface area contributed by atoms with Crippen molar-refractivity contribution in [1.29, 1.82) is 0 Å². The van der Waals surface area contributed by atoms with E-state index in [0.29, 0.717) is 10.6 Å².